The second-order valence-electron chi connectivity index (χ2n) is 2.34. The Morgan fingerprint density at radius 2 is 2.27 bits per heavy atom. The molecule has 3 N–H and O–H groups in total. The fourth-order valence-corrected chi connectivity index (χ4v) is 1.53. The highest BCUT2D eigenvalue weighted by atomic mass is 32.2. The van der Waals surface area contributed by atoms with Gasteiger partial charge in [-0.25, -0.2) is 0 Å². The predicted molar refractivity (Wildman–Crippen MR) is 48.9 cm³/mol. The Morgan fingerprint density at radius 1 is 1.55 bits per heavy atom. The minimum atomic E-state index is -0.0509. The van der Waals surface area contributed by atoms with Crippen LogP contribution in [0.4, 0.5) is 0 Å². The van der Waals surface area contributed by atoms with Crippen molar-refractivity contribution in [3.8, 4) is 0 Å². The van der Waals surface area contributed by atoms with E-state index in [4.69, 9.17) is 15.6 Å². The molecule has 0 aliphatic heterocycles. The summed E-state index contributed by atoms with van der Waals surface area (Å²) in [4.78, 5) is 0. The van der Waals surface area contributed by atoms with Crippen LogP contribution in [0.1, 0.15) is 6.42 Å². The molecule has 0 saturated carbocycles. The summed E-state index contributed by atoms with van der Waals surface area (Å²) in [5.74, 6) is 2.01. The van der Waals surface area contributed by atoms with E-state index in [9.17, 15) is 0 Å². The van der Waals surface area contributed by atoms with Gasteiger partial charge in [-0.3, -0.25) is 0 Å². The van der Waals surface area contributed by atoms with Crippen LogP contribution in [0, 0.1) is 0 Å². The molecule has 0 bridgehead atoms. The molecule has 4 heteroatoms. The summed E-state index contributed by atoms with van der Waals surface area (Å²) in [5.41, 5.74) is 5.49. The highest BCUT2D eigenvalue weighted by Crippen LogP contribution is 2.02. The number of aliphatic hydroxyl groups excluding tert-OH is 1. The Hall–Kier alpha value is 0.230. The normalized spacial score (nSPS) is 13.4. The molecule has 1 atom stereocenters. The largest absolute Gasteiger partial charge is 0.395 e. The van der Waals surface area contributed by atoms with Crippen LogP contribution in [0.2, 0.25) is 0 Å². The zero-order valence-electron chi connectivity index (χ0n) is 6.95. The molecule has 0 radical (unpaired) electrons. The van der Waals surface area contributed by atoms with Crippen LogP contribution in [0.15, 0.2) is 0 Å². The number of thioether (sulfide) groups is 1. The molecular weight excluding hydrogens is 162 g/mol. The number of hydrogen-bond acceptors (Lipinski definition) is 4. The van der Waals surface area contributed by atoms with Crippen molar-refractivity contribution in [1.82, 2.24) is 0 Å². The van der Waals surface area contributed by atoms with Gasteiger partial charge in [-0.15, -0.1) is 0 Å². The van der Waals surface area contributed by atoms with E-state index in [1.54, 1.807) is 18.9 Å². The molecule has 0 saturated heterocycles. The van der Waals surface area contributed by atoms with Gasteiger partial charge in [-0.1, -0.05) is 0 Å². The van der Waals surface area contributed by atoms with Gasteiger partial charge >= 0.3 is 0 Å². The summed E-state index contributed by atoms with van der Waals surface area (Å²) >= 11 is 1.81. The third-order valence-corrected chi connectivity index (χ3v) is 2.28. The Balaban J connectivity index is 2.89. The summed E-state index contributed by atoms with van der Waals surface area (Å²) < 4.78 is 4.87. The maximum absolute atomic E-state index is 8.58. The van der Waals surface area contributed by atoms with Gasteiger partial charge < -0.3 is 15.6 Å². The molecule has 11 heavy (non-hydrogen) atoms. The van der Waals surface area contributed by atoms with Crippen LogP contribution in [0.25, 0.3) is 0 Å². The van der Waals surface area contributed by atoms with Gasteiger partial charge in [0.15, 0.2) is 0 Å². The molecule has 0 heterocycles. The average Bonchev–Trinajstić information content (AvgIpc) is 2.04. The monoisotopic (exact) mass is 179 g/mol. The van der Waals surface area contributed by atoms with Gasteiger partial charge in [0.1, 0.15) is 0 Å². The molecule has 0 aromatic carbocycles. The molecule has 0 fully saturated rings. The average molecular weight is 179 g/mol. The van der Waals surface area contributed by atoms with E-state index in [0.29, 0.717) is 0 Å². The highest BCUT2D eigenvalue weighted by Gasteiger charge is 1.98. The van der Waals surface area contributed by atoms with Gasteiger partial charge in [-0.05, 0) is 12.2 Å². The fourth-order valence-electron chi connectivity index (χ4n) is 0.570. The SMILES string of the molecule is COCCSCCC(N)CO. The van der Waals surface area contributed by atoms with Gasteiger partial charge in [0.2, 0.25) is 0 Å². The number of methoxy groups -OCH3 is 1. The molecule has 0 amide bonds. The first kappa shape index (κ1) is 11.2. The minimum absolute atomic E-state index is 0.0509. The van der Waals surface area contributed by atoms with Crippen molar-refractivity contribution < 1.29 is 9.84 Å². The Bertz CT molecular complexity index is 82.8. The van der Waals surface area contributed by atoms with Gasteiger partial charge in [0, 0.05) is 18.9 Å². The van der Waals surface area contributed by atoms with E-state index in [2.05, 4.69) is 0 Å². The van der Waals surface area contributed by atoms with E-state index in [-0.39, 0.29) is 12.6 Å². The third-order valence-electron chi connectivity index (χ3n) is 1.30. The lowest BCUT2D eigenvalue weighted by Gasteiger charge is -2.06. The number of hydrogen-bond donors (Lipinski definition) is 2. The van der Waals surface area contributed by atoms with Crippen molar-refractivity contribution in [3.63, 3.8) is 0 Å². The van der Waals surface area contributed by atoms with Crippen LogP contribution in [0.5, 0.6) is 0 Å². The first-order chi connectivity index (χ1) is 5.31. The standard InChI is InChI=1S/C7H17NO2S/c1-10-3-5-11-4-2-7(8)6-9/h7,9H,2-6,8H2,1H3. The Kier molecular flexibility index (Phi) is 8.50. The summed E-state index contributed by atoms with van der Waals surface area (Å²) in [5, 5.41) is 8.58. The van der Waals surface area contributed by atoms with Gasteiger partial charge in [-0.2, -0.15) is 11.8 Å². The van der Waals surface area contributed by atoms with Gasteiger partial charge in [0.25, 0.3) is 0 Å². The molecule has 0 aromatic heterocycles. The number of rotatable bonds is 7. The molecule has 0 aromatic rings. The number of ether oxygens (including phenoxy) is 1. The molecule has 68 valence electrons. The molecular formula is C7H17NO2S. The van der Waals surface area contributed by atoms with Crippen LogP contribution < -0.4 is 5.73 Å². The van der Waals surface area contributed by atoms with Crippen LogP contribution in [0.3, 0.4) is 0 Å². The quantitative estimate of drug-likeness (QED) is 0.543. The van der Waals surface area contributed by atoms with Crippen LogP contribution in [-0.2, 0) is 4.74 Å². The van der Waals surface area contributed by atoms with Crippen molar-refractivity contribution in [1.29, 1.82) is 0 Å². The van der Waals surface area contributed by atoms with Crippen molar-refractivity contribution in [2.75, 3.05) is 31.8 Å². The first-order valence-electron chi connectivity index (χ1n) is 3.74. The van der Waals surface area contributed by atoms with E-state index in [0.717, 1.165) is 24.5 Å². The predicted octanol–water partition coefficient (Wildman–Crippen LogP) is 0.0757. The Morgan fingerprint density at radius 3 is 2.82 bits per heavy atom. The number of aliphatic hydroxyl groups is 1. The van der Waals surface area contributed by atoms with Crippen LogP contribution >= 0.6 is 11.8 Å². The summed E-state index contributed by atoms with van der Waals surface area (Å²) in [6.07, 6.45) is 0.880. The molecule has 0 rings (SSSR count). The Labute approximate surface area is 72.3 Å². The molecule has 3 nitrogen and oxygen atoms in total. The summed E-state index contributed by atoms with van der Waals surface area (Å²) in [6.45, 7) is 0.879. The molecule has 1 unspecified atom stereocenters. The zero-order valence-corrected chi connectivity index (χ0v) is 7.77. The number of nitrogens with two attached hydrogens (primary N) is 1. The maximum atomic E-state index is 8.58. The van der Waals surface area contributed by atoms with E-state index < -0.39 is 0 Å². The van der Waals surface area contributed by atoms with Crippen LogP contribution in [-0.4, -0.2) is 43.0 Å². The second-order valence-corrected chi connectivity index (χ2v) is 3.56. The third kappa shape index (κ3) is 8.13. The lowest BCUT2D eigenvalue weighted by molar-refractivity contribution is 0.218. The summed E-state index contributed by atoms with van der Waals surface area (Å²) in [7, 11) is 1.69. The van der Waals surface area contributed by atoms with E-state index >= 15 is 0 Å². The zero-order chi connectivity index (χ0) is 8.53. The smallest absolute Gasteiger partial charge is 0.0582 e. The van der Waals surface area contributed by atoms with Crippen molar-refractivity contribution >= 4 is 11.8 Å². The van der Waals surface area contributed by atoms with Crippen molar-refractivity contribution in [2.45, 2.75) is 12.5 Å². The lowest BCUT2D eigenvalue weighted by Crippen LogP contribution is -2.24. The van der Waals surface area contributed by atoms with E-state index in [1.807, 2.05) is 0 Å². The summed E-state index contributed by atoms with van der Waals surface area (Å²) in [6, 6.07) is -0.0509. The highest BCUT2D eigenvalue weighted by molar-refractivity contribution is 7.99. The van der Waals surface area contributed by atoms with Gasteiger partial charge in [0.05, 0.1) is 13.2 Å². The molecule has 0 aliphatic rings. The fraction of sp³-hybridized carbons (Fsp3) is 1.00. The molecule has 0 aliphatic carbocycles. The van der Waals surface area contributed by atoms with E-state index in [1.165, 1.54) is 0 Å². The minimum Gasteiger partial charge on any atom is -0.395 e. The lowest BCUT2D eigenvalue weighted by atomic mass is 10.3. The maximum Gasteiger partial charge on any atom is 0.0582 e. The molecule has 0 spiro atoms. The van der Waals surface area contributed by atoms with Crippen molar-refractivity contribution in [2.24, 2.45) is 5.73 Å². The topological polar surface area (TPSA) is 55.5 Å². The second kappa shape index (κ2) is 8.33. The van der Waals surface area contributed by atoms with Crippen molar-refractivity contribution in [3.05, 3.63) is 0 Å². The first-order valence-corrected chi connectivity index (χ1v) is 4.90.